The van der Waals surface area contributed by atoms with Crippen molar-refractivity contribution in [3.8, 4) is 0 Å². The van der Waals surface area contributed by atoms with Crippen LogP contribution >= 0.6 is 24.4 Å². The topological polar surface area (TPSA) is 188 Å². The van der Waals surface area contributed by atoms with Gasteiger partial charge in [-0.25, -0.2) is 4.79 Å². The summed E-state index contributed by atoms with van der Waals surface area (Å²) in [6, 6.07) is -4.64. The third kappa shape index (κ3) is 10.7. The molecule has 0 radical (unpaired) electrons. The van der Waals surface area contributed by atoms with Crippen molar-refractivity contribution >= 4 is 54.1 Å². The van der Waals surface area contributed by atoms with E-state index in [9.17, 15) is 24.0 Å². The number of aliphatic carboxylic acids is 2. The molecule has 0 aromatic heterocycles. The first-order valence-electron chi connectivity index (χ1n) is 9.69. The lowest BCUT2D eigenvalue weighted by molar-refractivity contribution is -0.147. The van der Waals surface area contributed by atoms with Crippen LogP contribution in [-0.2, 0) is 24.0 Å². The highest BCUT2D eigenvalue weighted by Gasteiger charge is 2.32. The van der Waals surface area contributed by atoms with Crippen LogP contribution in [0, 0.1) is 5.92 Å². The molecule has 0 bridgehead atoms. The highest BCUT2D eigenvalue weighted by molar-refractivity contribution is 7.98. The Balaban J connectivity index is 5.48. The number of thiol groups is 1. The zero-order chi connectivity index (χ0) is 24.1. The van der Waals surface area contributed by atoms with E-state index in [-0.39, 0.29) is 18.1 Å². The van der Waals surface area contributed by atoms with Gasteiger partial charge in [0, 0.05) is 5.75 Å². The van der Waals surface area contributed by atoms with E-state index >= 15 is 0 Å². The number of hydrogen-bond donors (Lipinski definition) is 7. The molecule has 0 rings (SSSR count). The molecule has 0 heterocycles. The summed E-state index contributed by atoms with van der Waals surface area (Å²) in [7, 11) is 0. The van der Waals surface area contributed by atoms with E-state index in [2.05, 4.69) is 28.6 Å². The lowest BCUT2D eigenvalue weighted by Crippen LogP contribution is -2.59. The zero-order valence-electron chi connectivity index (χ0n) is 17.8. The number of thioether (sulfide) groups is 1. The molecule has 0 aliphatic carbocycles. The van der Waals surface area contributed by atoms with E-state index in [1.54, 1.807) is 13.2 Å². The maximum absolute atomic E-state index is 12.9. The second kappa shape index (κ2) is 14.9. The molecule has 0 aromatic carbocycles. The van der Waals surface area contributed by atoms with Crippen LogP contribution in [0.3, 0.4) is 0 Å². The van der Waals surface area contributed by atoms with E-state index in [1.165, 1.54) is 11.8 Å². The molecule has 0 spiro atoms. The van der Waals surface area contributed by atoms with Gasteiger partial charge in [-0.1, -0.05) is 20.3 Å². The second-order valence-corrected chi connectivity index (χ2v) is 8.35. The summed E-state index contributed by atoms with van der Waals surface area (Å²) in [4.78, 5) is 59.7. The fourth-order valence-electron chi connectivity index (χ4n) is 2.46. The maximum Gasteiger partial charge on any atom is 0.326 e. The number of carbonyl (C=O) groups excluding carboxylic acids is 3. The monoisotopic (exact) mass is 480 g/mol. The molecule has 0 fully saturated rings. The van der Waals surface area contributed by atoms with Gasteiger partial charge in [0.25, 0.3) is 0 Å². The number of carboxylic acid groups (broad SMARTS) is 2. The first kappa shape index (κ1) is 29.0. The fourth-order valence-corrected chi connectivity index (χ4v) is 3.10. The van der Waals surface area contributed by atoms with Crippen molar-refractivity contribution in [1.29, 1.82) is 0 Å². The summed E-state index contributed by atoms with van der Waals surface area (Å²) in [6.07, 6.45) is 1.71. The fraction of sp³-hybridized carbons (Fsp3) is 0.722. The van der Waals surface area contributed by atoms with E-state index in [1.807, 2.05) is 6.92 Å². The maximum atomic E-state index is 12.9. The first-order chi connectivity index (χ1) is 14.5. The van der Waals surface area contributed by atoms with Gasteiger partial charge in [0.2, 0.25) is 17.7 Å². The summed E-state index contributed by atoms with van der Waals surface area (Å²) in [6.45, 7) is 3.58. The number of amides is 3. The van der Waals surface area contributed by atoms with Crippen molar-refractivity contribution in [3.63, 3.8) is 0 Å². The Hall–Kier alpha value is -1.99. The van der Waals surface area contributed by atoms with Crippen LogP contribution in [-0.4, -0.2) is 81.8 Å². The summed E-state index contributed by atoms with van der Waals surface area (Å²) in [5.41, 5.74) is 5.65. The average Bonchev–Trinajstić information content (AvgIpc) is 2.72. The molecule has 7 N–H and O–H groups in total. The largest absolute Gasteiger partial charge is 0.481 e. The lowest BCUT2D eigenvalue weighted by atomic mass is 9.97. The van der Waals surface area contributed by atoms with Gasteiger partial charge in [-0.3, -0.25) is 19.2 Å². The van der Waals surface area contributed by atoms with Gasteiger partial charge in [-0.2, -0.15) is 24.4 Å². The SMILES string of the molecule is CCC(C)C(NC(=O)C(N)CS)C(=O)NC(CCSC)C(=O)NC(CC(=O)O)C(=O)O. The molecular weight excluding hydrogens is 448 g/mol. The molecule has 0 aliphatic heterocycles. The van der Waals surface area contributed by atoms with Crippen LogP contribution in [0.15, 0.2) is 0 Å². The normalized spacial score (nSPS) is 15.6. The third-order valence-corrected chi connectivity index (χ3v) is 5.60. The van der Waals surface area contributed by atoms with Gasteiger partial charge in [0.1, 0.15) is 18.1 Å². The summed E-state index contributed by atoms with van der Waals surface area (Å²) < 4.78 is 0. The van der Waals surface area contributed by atoms with Crippen molar-refractivity contribution in [3.05, 3.63) is 0 Å². The Morgan fingerprint density at radius 3 is 2.03 bits per heavy atom. The van der Waals surface area contributed by atoms with Crippen molar-refractivity contribution in [2.75, 3.05) is 17.8 Å². The van der Waals surface area contributed by atoms with Gasteiger partial charge >= 0.3 is 11.9 Å². The highest BCUT2D eigenvalue weighted by atomic mass is 32.2. The van der Waals surface area contributed by atoms with Gasteiger partial charge in [0.05, 0.1) is 12.5 Å². The third-order valence-electron chi connectivity index (χ3n) is 4.56. The lowest BCUT2D eigenvalue weighted by Gasteiger charge is -2.27. The summed E-state index contributed by atoms with van der Waals surface area (Å²) in [5.74, 6) is -4.63. The standard InChI is InChI=1S/C18H32N4O7S2/c1-4-9(2)14(22-15(25)10(19)8-30)17(27)20-11(5-6-31-3)16(26)21-12(18(28)29)7-13(23)24/h9-12,14,30H,4-8,19H2,1-3H3,(H,20,27)(H,21,26)(H,22,25)(H,23,24)(H,28,29). The van der Waals surface area contributed by atoms with Gasteiger partial charge < -0.3 is 31.9 Å². The number of nitrogens with one attached hydrogen (secondary N) is 3. The van der Waals surface area contributed by atoms with E-state index < -0.39 is 60.2 Å². The van der Waals surface area contributed by atoms with Crippen LogP contribution in [0.5, 0.6) is 0 Å². The highest BCUT2D eigenvalue weighted by Crippen LogP contribution is 2.10. The predicted octanol–water partition coefficient (Wildman–Crippen LogP) is -0.944. The Morgan fingerprint density at radius 1 is 1.00 bits per heavy atom. The summed E-state index contributed by atoms with van der Waals surface area (Å²) in [5, 5.41) is 25.2. The predicted molar refractivity (Wildman–Crippen MR) is 120 cm³/mol. The molecule has 0 saturated heterocycles. The molecule has 5 unspecified atom stereocenters. The van der Waals surface area contributed by atoms with Crippen LogP contribution in [0.25, 0.3) is 0 Å². The molecule has 0 aliphatic rings. The van der Waals surface area contributed by atoms with Crippen LogP contribution in [0.4, 0.5) is 0 Å². The van der Waals surface area contributed by atoms with Crippen molar-refractivity contribution in [2.45, 2.75) is 57.3 Å². The molecular formula is C18H32N4O7S2. The number of rotatable bonds is 15. The van der Waals surface area contributed by atoms with Gasteiger partial charge in [-0.15, -0.1) is 0 Å². The molecule has 5 atom stereocenters. The number of hydrogen-bond acceptors (Lipinski definition) is 8. The van der Waals surface area contributed by atoms with Crippen LogP contribution < -0.4 is 21.7 Å². The van der Waals surface area contributed by atoms with Gasteiger partial charge in [0.15, 0.2) is 0 Å². The molecule has 11 nitrogen and oxygen atoms in total. The number of nitrogens with two attached hydrogens (primary N) is 1. The molecule has 178 valence electrons. The Kier molecular flexibility index (Phi) is 14.0. The van der Waals surface area contributed by atoms with Crippen LogP contribution in [0.2, 0.25) is 0 Å². The molecule has 13 heteroatoms. The molecule has 0 aromatic rings. The number of carboxylic acids is 2. The van der Waals surface area contributed by atoms with E-state index in [4.69, 9.17) is 15.9 Å². The first-order valence-corrected chi connectivity index (χ1v) is 11.7. The minimum absolute atomic E-state index is 0.0829. The average molecular weight is 481 g/mol. The number of carbonyl (C=O) groups is 5. The quantitative estimate of drug-likeness (QED) is 0.145. The minimum Gasteiger partial charge on any atom is -0.481 e. The smallest absolute Gasteiger partial charge is 0.326 e. The van der Waals surface area contributed by atoms with Crippen molar-refractivity contribution in [1.82, 2.24) is 16.0 Å². The van der Waals surface area contributed by atoms with Crippen molar-refractivity contribution < 1.29 is 34.2 Å². The van der Waals surface area contributed by atoms with E-state index in [0.717, 1.165) is 0 Å². The molecule has 3 amide bonds. The Bertz CT molecular complexity index is 650. The van der Waals surface area contributed by atoms with Crippen LogP contribution in [0.1, 0.15) is 33.1 Å². The Labute approximate surface area is 191 Å². The van der Waals surface area contributed by atoms with E-state index in [0.29, 0.717) is 12.2 Å². The Morgan fingerprint density at radius 2 is 1.58 bits per heavy atom. The minimum atomic E-state index is -1.64. The summed E-state index contributed by atoms with van der Waals surface area (Å²) >= 11 is 5.38. The molecule has 31 heavy (non-hydrogen) atoms. The van der Waals surface area contributed by atoms with Gasteiger partial charge in [-0.05, 0) is 24.3 Å². The second-order valence-electron chi connectivity index (χ2n) is 7.00. The zero-order valence-corrected chi connectivity index (χ0v) is 19.5. The molecule has 0 saturated carbocycles. The van der Waals surface area contributed by atoms with Crippen molar-refractivity contribution in [2.24, 2.45) is 11.7 Å².